The van der Waals surface area contributed by atoms with E-state index in [-0.39, 0.29) is 35.3 Å². The highest BCUT2D eigenvalue weighted by molar-refractivity contribution is 7.95. The van der Waals surface area contributed by atoms with Gasteiger partial charge >= 0.3 is 6.09 Å². The number of methoxy groups -OCH3 is 1. The van der Waals surface area contributed by atoms with E-state index in [0.29, 0.717) is 18.6 Å². The lowest BCUT2D eigenvalue weighted by atomic mass is 9.66. The van der Waals surface area contributed by atoms with Crippen molar-refractivity contribution in [2.75, 3.05) is 18.7 Å². The first-order valence-electron chi connectivity index (χ1n) is 12.4. The molecule has 206 valence electrons. The van der Waals surface area contributed by atoms with Gasteiger partial charge in [-0.15, -0.1) is 11.6 Å². The van der Waals surface area contributed by atoms with E-state index in [0.717, 1.165) is 17.9 Å². The summed E-state index contributed by atoms with van der Waals surface area (Å²) in [6.07, 6.45) is 1.64. The van der Waals surface area contributed by atoms with E-state index >= 15 is 0 Å². The van der Waals surface area contributed by atoms with Gasteiger partial charge in [0, 0.05) is 18.2 Å². The van der Waals surface area contributed by atoms with Gasteiger partial charge in [-0.05, 0) is 50.9 Å². The van der Waals surface area contributed by atoms with Gasteiger partial charge in [-0.1, -0.05) is 35.9 Å². The van der Waals surface area contributed by atoms with Gasteiger partial charge in [-0.25, -0.2) is 4.79 Å². The van der Waals surface area contributed by atoms with E-state index in [2.05, 4.69) is 49.5 Å². The van der Waals surface area contributed by atoms with Crippen molar-refractivity contribution in [3.63, 3.8) is 0 Å². The molecule has 4 rings (SSSR count). The molecule has 3 aliphatic rings. The zero-order valence-electron chi connectivity index (χ0n) is 21.8. The molecule has 0 aromatic heterocycles. The molecule has 37 heavy (non-hydrogen) atoms. The summed E-state index contributed by atoms with van der Waals surface area (Å²) >= 11 is 5.51. The number of fused-ring (bicyclic) bond motifs is 1. The molecular formula is C27H37Cl2NO6S. The first-order chi connectivity index (χ1) is 17.1. The molecule has 2 amide bonds. The molecule has 1 aromatic rings. The lowest BCUT2D eigenvalue weighted by Gasteiger charge is -2.48. The second-order valence-corrected chi connectivity index (χ2v) is 12.9. The molecule has 10 heteroatoms. The number of carbonyl (C=O) groups is 2. The van der Waals surface area contributed by atoms with E-state index in [1.54, 1.807) is 7.11 Å². The van der Waals surface area contributed by atoms with Crippen LogP contribution in [0.15, 0.2) is 35.9 Å². The second kappa shape index (κ2) is 12.3. The Morgan fingerprint density at radius 3 is 2.49 bits per heavy atom. The molecule has 1 saturated heterocycles. The molecule has 7 nitrogen and oxygen atoms in total. The number of ether oxygens (including phenoxy) is 3. The number of epoxide rings is 1. The van der Waals surface area contributed by atoms with Gasteiger partial charge in [0.05, 0.1) is 12.0 Å². The summed E-state index contributed by atoms with van der Waals surface area (Å²) in [5, 5.41) is 14.4. The minimum atomic E-state index is -1.04. The van der Waals surface area contributed by atoms with Gasteiger partial charge in [0.15, 0.2) is 0 Å². The summed E-state index contributed by atoms with van der Waals surface area (Å²) in [6, 6.07) is 8.49. The van der Waals surface area contributed by atoms with Crippen LogP contribution in [0.4, 0.5) is 4.79 Å². The van der Waals surface area contributed by atoms with Gasteiger partial charge in [0.2, 0.25) is 5.91 Å². The summed E-state index contributed by atoms with van der Waals surface area (Å²) in [6.45, 7) is 6.14. The van der Waals surface area contributed by atoms with E-state index in [1.807, 2.05) is 6.92 Å². The van der Waals surface area contributed by atoms with Crippen molar-refractivity contribution in [1.29, 1.82) is 0 Å². The molecule has 2 N–H and O–H groups in total. The highest BCUT2D eigenvalue weighted by atomic mass is 35.5. The zero-order chi connectivity index (χ0) is 26.1. The van der Waals surface area contributed by atoms with Crippen LogP contribution in [0.3, 0.4) is 0 Å². The monoisotopic (exact) mass is 573 g/mol. The third-order valence-corrected chi connectivity index (χ3v) is 10.2. The number of aliphatic hydroxyl groups is 1. The number of rotatable bonds is 8. The van der Waals surface area contributed by atoms with E-state index in [4.69, 9.17) is 25.8 Å². The van der Waals surface area contributed by atoms with Crippen LogP contribution in [-0.2, 0) is 41.4 Å². The Balaban J connectivity index is 0.00000380. The van der Waals surface area contributed by atoms with Crippen molar-refractivity contribution >= 4 is 34.5 Å². The van der Waals surface area contributed by atoms with E-state index < -0.39 is 41.3 Å². The van der Waals surface area contributed by atoms with E-state index in [9.17, 15) is 14.7 Å². The van der Waals surface area contributed by atoms with Crippen LogP contribution >= 0.6 is 11.6 Å². The van der Waals surface area contributed by atoms with Crippen LogP contribution in [-0.4, -0.2) is 65.4 Å². The lowest BCUT2D eigenvalue weighted by Crippen LogP contribution is -3.00. The van der Waals surface area contributed by atoms with Crippen molar-refractivity contribution in [3.8, 4) is 0 Å². The van der Waals surface area contributed by atoms with Crippen LogP contribution in [0.2, 0.25) is 0 Å². The third kappa shape index (κ3) is 6.65. The molecule has 0 radical (unpaired) electrons. The number of alkyl halides is 1. The third-order valence-electron chi connectivity index (χ3n) is 7.66. The molecular weight excluding hydrogens is 537 g/mol. The fourth-order valence-corrected chi connectivity index (χ4v) is 8.79. The highest BCUT2D eigenvalue weighted by Gasteiger charge is 2.69. The van der Waals surface area contributed by atoms with Crippen LogP contribution in [0, 0.1) is 5.92 Å². The average Bonchev–Trinajstić information content (AvgIpc) is 3.31. The minimum absolute atomic E-state index is 0. The minimum Gasteiger partial charge on any atom is -1.00 e. The number of hydrogen-bond donors (Lipinski definition) is 2. The Hall–Kier alpha value is -1.29. The van der Waals surface area contributed by atoms with Crippen molar-refractivity contribution in [2.45, 2.75) is 81.1 Å². The molecule has 1 aromatic carbocycles. The van der Waals surface area contributed by atoms with Crippen LogP contribution in [0.5, 0.6) is 0 Å². The molecule has 6 atom stereocenters. The van der Waals surface area contributed by atoms with Crippen LogP contribution in [0.1, 0.15) is 51.2 Å². The summed E-state index contributed by atoms with van der Waals surface area (Å²) < 4.78 is 17.9. The number of nitrogens with one attached hydrogen (secondary N) is 1. The number of alkyl carbamates (subject to hydrolysis) is 1. The van der Waals surface area contributed by atoms with Gasteiger partial charge in [-0.3, -0.25) is 10.1 Å². The maximum Gasteiger partial charge on any atom is 0.414 e. The normalized spacial score (nSPS) is 32.6. The molecule has 0 bridgehead atoms. The number of carbonyl (C=O) groups excluding carboxylic acids is 2. The maximum atomic E-state index is 12.4. The number of benzene rings is 1. The van der Waals surface area contributed by atoms with Crippen molar-refractivity contribution in [3.05, 3.63) is 47.0 Å². The Morgan fingerprint density at radius 2 is 1.92 bits per heavy atom. The number of halogens is 2. The molecule has 1 saturated carbocycles. The Bertz CT molecular complexity index is 995. The predicted molar refractivity (Wildman–Crippen MR) is 141 cm³/mol. The fraction of sp³-hybridized carbons (Fsp3) is 0.630. The summed E-state index contributed by atoms with van der Waals surface area (Å²) in [5.74, 6) is 1.20. The smallest absolute Gasteiger partial charge is 0.414 e. The summed E-state index contributed by atoms with van der Waals surface area (Å²) in [5.41, 5.74) is 2.27. The SMILES string of the molecule is CO[C@@H]1[C@H](OC(=O)NC(=O)CCl)CC[C@](O)(C[S+]2Cc3ccccc3C2)[C@H]1[C@@]1(C)O[C@@H]1CC=C(C)C.[Cl-]. The molecule has 0 unspecified atom stereocenters. The fourth-order valence-electron chi connectivity index (χ4n) is 5.94. The van der Waals surface area contributed by atoms with Gasteiger partial charge < -0.3 is 31.7 Å². The predicted octanol–water partition coefficient (Wildman–Crippen LogP) is 0.853. The maximum absolute atomic E-state index is 12.4. The molecule has 2 fully saturated rings. The number of allylic oxidation sites excluding steroid dienone is 1. The molecule has 2 heterocycles. The first-order valence-corrected chi connectivity index (χ1v) is 14.7. The largest absolute Gasteiger partial charge is 1.00 e. The summed E-state index contributed by atoms with van der Waals surface area (Å²) in [7, 11) is 1.56. The lowest BCUT2D eigenvalue weighted by molar-refractivity contribution is -0.170. The number of hydrogen-bond acceptors (Lipinski definition) is 6. The average molecular weight is 575 g/mol. The Morgan fingerprint density at radius 1 is 1.27 bits per heavy atom. The zero-order valence-corrected chi connectivity index (χ0v) is 24.1. The highest BCUT2D eigenvalue weighted by Crippen LogP contribution is 2.55. The number of amides is 2. The Labute approximate surface area is 233 Å². The van der Waals surface area contributed by atoms with Crippen LogP contribution in [0.25, 0.3) is 0 Å². The van der Waals surface area contributed by atoms with Gasteiger partial charge in [0.1, 0.15) is 46.5 Å². The van der Waals surface area contributed by atoms with E-state index in [1.165, 1.54) is 16.7 Å². The summed E-state index contributed by atoms with van der Waals surface area (Å²) in [4.78, 5) is 23.9. The molecule has 0 spiro atoms. The number of imide groups is 1. The van der Waals surface area contributed by atoms with Gasteiger partial charge in [0.25, 0.3) is 0 Å². The topological polar surface area (TPSA) is 97.4 Å². The quantitative estimate of drug-likeness (QED) is 0.207. The van der Waals surface area contributed by atoms with Crippen LogP contribution < -0.4 is 17.7 Å². The standard InChI is InChI=1S/C27H36ClNO6S.ClH/c1-17(2)9-10-21-26(3,35-21)24-23(33-4)20(34-25(31)29-22(30)13-28)11-12-27(24,32)16-36-14-18-7-5-6-8-19(18)15-36;/h5-9,20-21,23-24,32H,10-16H2,1-4H3;1H/t20-,21-,23-,24-,26+,27+;/m1./s1. The van der Waals surface area contributed by atoms with Crippen molar-refractivity contribution in [1.82, 2.24) is 5.32 Å². The van der Waals surface area contributed by atoms with Crippen molar-refractivity contribution < 1.29 is 41.3 Å². The molecule has 2 aliphatic heterocycles. The van der Waals surface area contributed by atoms with Gasteiger partial charge in [-0.2, -0.15) is 0 Å². The first kappa shape index (κ1) is 30.3. The second-order valence-electron chi connectivity index (χ2n) is 10.6. The van der Waals surface area contributed by atoms with Crippen molar-refractivity contribution in [2.24, 2.45) is 5.92 Å². The Kier molecular flexibility index (Phi) is 10.0. The molecule has 1 aliphatic carbocycles.